The number of para-hydroxylation sites is 1. The molecule has 30 heavy (non-hydrogen) atoms. The number of carbonyl (C=O) groups is 2. The van der Waals surface area contributed by atoms with E-state index in [0.717, 1.165) is 4.90 Å². The van der Waals surface area contributed by atoms with E-state index in [4.69, 9.17) is 12.2 Å². The van der Waals surface area contributed by atoms with Crippen molar-refractivity contribution in [3.8, 4) is 5.69 Å². The Morgan fingerprint density at radius 2 is 1.73 bits per heavy atom. The molecule has 0 saturated heterocycles. The molecule has 2 atom stereocenters. The molecule has 2 unspecified atom stereocenters. The number of hydrogen-bond donors (Lipinski definition) is 4. The maximum absolute atomic E-state index is 12.2. The number of aromatic amines is 1. The van der Waals surface area contributed by atoms with Crippen LogP contribution in [0.15, 0.2) is 54.6 Å². The molecule has 4 N–H and O–H groups in total. The summed E-state index contributed by atoms with van der Waals surface area (Å²) in [6.45, 7) is 0. The van der Waals surface area contributed by atoms with Crippen molar-refractivity contribution in [3.63, 3.8) is 0 Å². The van der Waals surface area contributed by atoms with E-state index >= 15 is 0 Å². The van der Waals surface area contributed by atoms with E-state index in [1.165, 1.54) is 28.8 Å². The van der Waals surface area contributed by atoms with Gasteiger partial charge in [0.2, 0.25) is 17.2 Å². The standard InChI is InChI=1S/C18H18N6O5S/c1-22(12-8-5-9-13(10-12)24-18(30)19-20-21-24)14(16(26)27)23(15(25)17(28)29)11-6-3-2-4-7-11/h2-10,14-15,25H,1H3,(H,26,27)(H,28,29)(H,19,21,30). The molecule has 156 valence electrons. The maximum atomic E-state index is 12.2. The number of nitrogens with one attached hydrogen (secondary N) is 1. The molecular formula is C18H18N6O5S. The Morgan fingerprint density at radius 1 is 1.07 bits per heavy atom. The number of benzene rings is 2. The van der Waals surface area contributed by atoms with Crippen molar-refractivity contribution < 1.29 is 24.9 Å². The normalized spacial score (nSPS) is 12.7. The van der Waals surface area contributed by atoms with Crippen molar-refractivity contribution >= 4 is 35.5 Å². The Hall–Kier alpha value is -3.77. The zero-order chi connectivity index (χ0) is 21.8. The number of aromatic nitrogens is 4. The number of aliphatic hydroxyl groups is 1. The van der Waals surface area contributed by atoms with Crippen LogP contribution in [0, 0.1) is 4.77 Å². The maximum Gasteiger partial charge on any atom is 0.354 e. The van der Waals surface area contributed by atoms with Gasteiger partial charge in [0, 0.05) is 18.4 Å². The molecule has 0 fully saturated rings. The summed E-state index contributed by atoms with van der Waals surface area (Å²) >= 11 is 5.08. The van der Waals surface area contributed by atoms with Gasteiger partial charge in [-0.3, -0.25) is 0 Å². The molecule has 0 aliphatic carbocycles. The van der Waals surface area contributed by atoms with Crippen molar-refractivity contribution in [2.75, 3.05) is 16.8 Å². The van der Waals surface area contributed by atoms with Crippen molar-refractivity contribution in [2.24, 2.45) is 0 Å². The third-order valence-corrected chi connectivity index (χ3v) is 4.62. The highest BCUT2D eigenvalue weighted by molar-refractivity contribution is 7.71. The Labute approximate surface area is 175 Å². The van der Waals surface area contributed by atoms with Gasteiger partial charge in [0.15, 0.2) is 0 Å². The predicted molar refractivity (Wildman–Crippen MR) is 109 cm³/mol. The second-order valence-electron chi connectivity index (χ2n) is 6.22. The van der Waals surface area contributed by atoms with Crippen LogP contribution >= 0.6 is 12.2 Å². The number of nitrogens with zero attached hydrogens (tertiary/aromatic N) is 5. The minimum atomic E-state index is -2.09. The van der Waals surface area contributed by atoms with Gasteiger partial charge < -0.3 is 25.1 Å². The number of tetrazole rings is 1. The zero-order valence-electron chi connectivity index (χ0n) is 15.7. The predicted octanol–water partition coefficient (Wildman–Crippen LogP) is 1.08. The van der Waals surface area contributed by atoms with Crippen molar-refractivity contribution in [1.29, 1.82) is 0 Å². The van der Waals surface area contributed by atoms with Crippen LogP contribution in [-0.4, -0.2) is 66.9 Å². The molecule has 0 bridgehead atoms. The SMILES string of the molecule is CN(c1cccc(-n2[nH]nnc2=S)c1)C(C(=O)O)N(c1ccccc1)C(O)C(=O)O. The van der Waals surface area contributed by atoms with E-state index in [-0.39, 0.29) is 10.5 Å². The number of anilines is 2. The fourth-order valence-electron chi connectivity index (χ4n) is 2.96. The molecule has 0 aliphatic heterocycles. The Balaban J connectivity index is 2.06. The Bertz CT molecular complexity index is 1100. The molecule has 1 aromatic heterocycles. The van der Waals surface area contributed by atoms with Gasteiger partial charge in [-0.25, -0.2) is 14.3 Å². The lowest BCUT2D eigenvalue weighted by Gasteiger charge is -2.38. The van der Waals surface area contributed by atoms with E-state index in [1.807, 2.05) is 0 Å². The molecule has 0 aliphatic rings. The summed E-state index contributed by atoms with van der Waals surface area (Å²) in [5.41, 5.74) is 1.20. The lowest BCUT2D eigenvalue weighted by Crippen LogP contribution is -2.58. The summed E-state index contributed by atoms with van der Waals surface area (Å²) < 4.78 is 1.60. The van der Waals surface area contributed by atoms with Gasteiger partial charge in [-0.2, -0.15) is 5.21 Å². The number of aliphatic carboxylic acids is 2. The first-order valence-electron chi connectivity index (χ1n) is 8.61. The van der Waals surface area contributed by atoms with Gasteiger partial charge in [0.25, 0.3) is 0 Å². The third-order valence-electron chi connectivity index (χ3n) is 4.36. The second kappa shape index (κ2) is 8.71. The van der Waals surface area contributed by atoms with Gasteiger partial charge in [0.1, 0.15) is 0 Å². The molecule has 2 aromatic carbocycles. The van der Waals surface area contributed by atoms with Crippen LogP contribution in [-0.2, 0) is 9.59 Å². The fraction of sp³-hybridized carbons (Fsp3) is 0.167. The van der Waals surface area contributed by atoms with Gasteiger partial charge in [-0.15, -0.1) is 0 Å². The smallest absolute Gasteiger partial charge is 0.354 e. The molecule has 0 spiro atoms. The number of carboxylic acids is 2. The molecule has 11 nitrogen and oxygen atoms in total. The average Bonchev–Trinajstić information content (AvgIpc) is 3.17. The van der Waals surface area contributed by atoms with Gasteiger partial charge in [0.05, 0.1) is 5.69 Å². The highest BCUT2D eigenvalue weighted by atomic mass is 32.1. The number of carboxylic acid groups (broad SMARTS) is 2. The largest absolute Gasteiger partial charge is 0.478 e. The van der Waals surface area contributed by atoms with E-state index in [2.05, 4.69) is 15.5 Å². The summed E-state index contributed by atoms with van der Waals surface area (Å²) in [4.78, 5) is 25.9. The van der Waals surface area contributed by atoms with Crippen LogP contribution < -0.4 is 9.80 Å². The average molecular weight is 430 g/mol. The first kappa shape index (κ1) is 21.0. The number of hydrogen-bond acceptors (Lipinski definition) is 8. The third kappa shape index (κ3) is 4.14. The molecule has 0 saturated carbocycles. The number of aliphatic hydroxyl groups excluding tert-OH is 1. The Morgan fingerprint density at radius 3 is 2.30 bits per heavy atom. The van der Waals surface area contributed by atoms with E-state index in [1.54, 1.807) is 42.5 Å². The van der Waals surface area contributed by atoms with Crippen LogP contribution in [0.2, 0.25) is 0 Å². The zero-order valence-corrected chi connectivity index (χ0v) is 16.5. The van der Waals surface area contributed by atoms with Crippen LogP contribution in [0.4, 0.5) is 11.4 Å². The highest BCUT2D eigenvalue weighted by Gasteiger charge is 2.37. The van der Waals surface area contributed by atoms with Gasteiger partial charge in [-0.1, -0.05) is 34.6 Å². The Kier molecular flexibility index (Phi) is 6.09. The number of likely N-dealkylation sites (N-methyl/N-ethyl adjacent to an activating group) is 1. The van der Waals surface area contributed by atoms with Crippen molar-refractivity contribution in [3.05, 3.63) is 59.4 Å². The molecule has 1 heterocycles. The topological polar surface area (TPSA) is 148 Å². The first-order chi connectivity index (χ1) is 14.3. The van der Waals surface area contributed by atoms with Crippen LogP contribution in [0.5, 0.6) is 0 Å². The minimum absolute atomic E-state index is 0.178. The van der Waals surface area contributed by atoms with E-state index in [0.29, 0.717) is 11.4 Å². The van der Waals surface area contributed by atoms with Gasteiger partial charge >= 0.3 is 11.9 Å². The van der Waals surface area contributed by atoms with Gasteiger partial charge in [-0.05, 0) is 42.5 Å². The number of H-pyrrole nitrogens is 1. The summed E-state index contributed by atoms with van der Waals surface area (Å²) in [6, 6.07) is 14.6. The number of rotatable bonds is 8. The monoisotopic (exact) mass is 430 g/mol. The van der Waals surface area contributed by atoms with E-state index in [9.17, 15) is 24.9 Å². The highest BCUT2D eigenvalue weighted by Crippen LogP contribution is 2.26. The molecule has 0 radical (unpaired) electrons. The minimum Gasteiger partial charge on any atom is -0.478 e. The molecular weight excluding hydrogens is 412 g/mol. The summed E-state index contributed by atoms with van der Waals surface area (Å²) in [5, 5.41) is 39.5. The summed E-state index contributed by atoms with van der Waals surface area (Å²) in [5.74, 6) is -2.94. The summed E-state index contributed by atoms with van der Waals surface area (Å²) in [6.07, 6.45) is -3.63. The van der Waals surface area contributed by atoms with E-state index < -0.39 is 24.3 Å². The fourth-order valence-corrected chi connectivity index (χ4v) is 3.15. The molecule has 12 heteroatoms. The quantitative estimate of drug-likeness (QED) is 0.302. The lowest BCUT2D eigenvalue weighted by molar-refractivity contribution is -0.148. The molecule has 0 amide bonds. The first-order valence-corrected chi connectivity index (χ1v) is 9.02. The van der Waals surface area contributed by atoms with Crippen LogP contribution in [0.25, 0.3) is 5.69 Å². The second-order valence-corrected chi connectivity index (χ2v) is 6.58. The van der Waals surface area contributed by atoms with Crippen molar-refractivity contribution in [1.82, 2.24) is 20.2 Å². The molecule has 3 rings (SSSR count). The lowest BCUT2D eigenvalue weighted by atomic mass is 10.2. The van der Waals surface area contributed by atoms with Crippen molar-refractivity contribution in [2.45, 2.75) is 12.4 Å². The molecule has 3 aromatic rings. The summed E-state index contributed by atoms with van der Waals surface area (Å²) in [7, 11) is 1.48. The van der Waals surface area contributed by atoms with Crippen LogP contribution in [0.1, 0.15) is 0 Å². The van der Waals surface area contributed by atoms with Crippen LogP contribution in [0.3, 0.4) is 0 Å².